The molecule has 1 saturated heterocycles. The Balaban J connectivity index is 1.94. The van der Waals surface area contributed by atoms with Crippen molar-refractivity contribution in [3.63, 3.8) is 0 Å². The molecule has 1 aliphatic heterocycles. The molecule has 2 aromatic rings. The van der Waals surface area contributed by atoms with Crippen LogP contribution in [0, 0.1) is 4.91 Å². The van der Waals surface area contributed by atoms with E-state index < -0.39 is 43.2 Å². The van der Waals surface area contributed by atoms with Gasteiger partial charge in [0.25, 0.3) is 0 Å². The third-order valence-corrected chi connectivity index (χ3v) is 4.64. The molecule has 0 aliphatic carbocycles. The van der Waals surface area contributed by atoms with E-state index in [1.807, 2.05) is 0 Å². The maximum Gasteiger partial charge on any atom is 0.223 e. The van der Waals surface area contributed by atoms with E-state index in [1.54, 1.807) is 48.5 Å². The number of nitrogens with zero attached hydrogens (tertiary/aromatic N) is 1. The van der Waals surface area contributed by atoms with Crippen LogP contribution in [0.1, 0.15) is 6.92 Å². The van der Waals surface area contributed by atoms with Gasteiger partial charge in [-0.25, -0.2) is 0 Å². The van der Waals surface area contributed by atoms with Crippen molar-refractivity contribution in [2.75, 3.05) is 6.61 Å². The number of aliphatic hydroxyl groups excluding tert-OH is 3. The second-order valence-corrected chi connectivity index (χ2v) is 6.69. The van der Waals surface area contributed by atoms with Crippen molar-refractivity contribution in [1.82, 2.24) is 5.32 Å². The zero-order valence-electron chi connectivity index (χ0n) is 15.6. The first-order valence-electron chi connectivity index (χ1n) is 9.03. The number of carbonyl (C=O) groups excluding carboxylic acids is 1. The number of carbonyl (C=O) groups is 1. The summed E-state index contributed by atoms with van der Waals surface area (Å²) in [4.78, 5) is 22.4. The normalized spacial score (nSPS) is 26.6. The highest BCUT2D eigenvalue weighted by molar-refractivity contribution is 5.74. The summed E-state index contributed by atoms with van der Waals surface area (Å²) in [6.45, 7) is 0.722. The van der Waals surface area contributed by atoms with Gasteiger partial charge in [0.1, 0.15) is 35.8 Å². The molecule has 29 heavy (non-hydrogen) atoms. The minimum Gasteiger partial charge on any atom is -0.462 e. The van der Waals surface area contributed by atoms with Gasteiger partial charge in [-0.05, 0) is 28.9 Å². The van der Waals surface area contributed by atoms with Crippen LogP contribution in [0.4, 0.5) is 5.69 Å². The van der Waals surface area contributed by atoms with Gasteiger partial charge in [-0.15, -0.1) is 4.91 Å². The van der Waals surface area contributed by atoms with Gasteiger partial charge in [0.2, 0.25) is 12.2 Å². The lowest BCUT2D eigenvalue weighted by atomic mass is 9.96. The molecule has 3 rings (SSSR count). The number of aliphatic hydroxyl groups is 3. The number of hydrogen-bond acceptors (Lipinski definition) is 8. The zero-order valence-corrected chi connectivity index (χ0v) is 15.6. The van der Waals surface area contributed by atoms with E-state index in [0.717, 1.165) is 0 Å². The average molecular weight is 402 g/mol. The van der Waals surface area contributed by atoms with Gasteiger partial charge in [0.15, 0.2) is 0 Å². The van der Waals surface area contributed by atoms with Crippen LogP contribution in [-0.4, -0.2) is 58.5 Å². The van der Waals surface area contributed by atoms with Gasteiger partial charge in [-0.1, -0.05) is 30.3 Å². The van der Waals surface area contributed by atoms with Crippen molar-refractivity contribution in [2.45, 2.75) is 37.6 Å². The van der Waals surface area contributed by atoms with Crippen LogP contribution in [0.15, 0.2) is 53.7 Å². The smallest absolute Gasteiger partial charge is 0.223 e. The summed E-state index contributed by atoms with van der Waals surface area (Å²) in [5.74, 6) is -0.0878. The fourth-order valence-corrected chi connectivity index (χ4v) is 3.23. The predicted octanol–water partition coefficient (Wildman–Crippen LogP) is 1.07. The highest BCUT2D eigenvalue weighted by atomic mass is 16.7. The largest absolute Gasteiger partial charge is 0.462 e. The maximum absolute atomic E-state index is 11.6. The van der Waals surface area contributed by atoms with Crippen molar-refractivity contribution < 1.29 is 29.6 Å². The van der Waals surface area contributed by atoms with Crippen LogP contribution < -0.4 is 10.1 Å². The van der Waals surface area contributed by atoms with Gasteiger partial charge in [-0.2, -0.15) is 0 Å². The first-order valence-corrected chi connectivity index (χ1v) is 9.03. The van der Waals surface area contributed by atoms with E-state index in [9.17, 15) is 25.0 Å². The quantitative estimate of drug-likeness (QED) is 0.530. The zero-order chi connectivity index (χ0) is 21.0. The molecule has 0 unspecified atom stereocenters. The van der Waals surface area contributed by atoms with Crippen molar-refractivity contribution in [2.24, 2.45) is 5.18 Å². The number of amides is 1. The number of rotatable bonds is 6. The standard InChI is InChI=1S/C20H22N2O7/c1-11(24)21-17-19(26)18(25)16(10-23)29-20(17)28-15-8-3-2-7-14(15)12-5-4-6-13(9-12)22-27/h2-9,16-20,23,25-26H,10H2,1H3,(H,21,24)/t16-,17-,18+,19-,20-/m1/s1. The summed E-state index contributed by atoms with van der Waals surface area (Å²) in [7, 11) is 0. The van der Waals surface area contributed by atoms with E-state index in [0.29, 0.717) is 16.9 Å². The van der Waals surface area contributed by atoms with Crippen LogP contribution >= 0.6 is 0 Å². The minimum absolute atomic E-state index is 0.251. The molecule has 1 heterocycles. The lowest BCUT2D eigenvalue weighted by molar-refractivity contribution is -0.244. The molecule has 1 fully saturated rings. The molecule has 0 aromatic heterocycles. The van der Waals surface area contributed by atoms with Crippen molar-refractivity contribution >= 4 is 11.6 Å². The molecule has 9 nitrogen and oxygen atoms in total. The summed E-state index contributed by atoms with van der Waals surface area (Å²) in [6, 6.07) is 12.5. The molecular weight excluding hydrogens is 380 g/mol. The van der Waals surface area contributed by atoms with E-state index in [1.165, 1.54) is 6.92 Å². The van der Waals surface area contributed by atoms with Crippen molar-refractivity contribution in [1.29, 1.82) is 0 Å². The monoisotopic (exact) mass is 402 g/mol. The average Bonchev–Trinajstić information content (AvgIpc) is 2.73. The van der Waals surface area contributed by atoms with Crippen LogP contribution in [0.2, 0.25) is 0 Å². The maximum atomic E-state index is 11.6. The van der Waals surface area contributed by atoms with Gasteiger partial charge in [-0.3, -0.25) is 4.79 Å². The Morgan fingerprint density at radius 1 is 1.17 bits per heavy atom. The van der Waals surface area contributed by atoms with Crippen LogP contribution in [0.3, 0.4) is 0 Å². The second kappa shape index (κ2) is 9.10. The van der Waals surface area contributed by atoms with E-state index in [-0.39, 0.29) is 5.69 Å². The van der Waals surface area contributed by atoms with E-state index in [2.05, 4.69) is 10.5 Å². The third kappa shape index (κ3) is 4.60. The highest BCUT2D eigenvalue weighted by Crippen LogP contribution is 2.34. The number of ether oxygens (including phenoxy) is 2. The molecule has 2 aromatic carbocycles. The Kier molecular flexibility index (Phi) is 6.55. The molecule has 1 aliphatic rings. The van der Waals surface area contributed by atoms with E-state index in [4.69, 9.17) is 9.47 Å². The Morgan fingerprint density at radius 2 is 1.93 bits per heavy atom. The Labute approximate surface area is 166 Å². The summed E-state index contributed by atoms with van der Waals surface area (Å²) in [5, 5.41) is 35.4. The number of hydrogen-bond donors (Lipinski definition) is 4. The van der Waals surface area contributed by atoms with Crippen LogP contribution in [0.25, 0.3) is 11.1 Å². The molecule has 5 atom stereocenters. The fraction of sp³-hybridized carbons (Fsp3) is 0.350. The first kappa shape index (κ1) is 20.9. The third-order valence-electron chi connectivity index (χ3n) is 4.64. The molecule has 0 bridgehead atoms. The van der Waals surface area contributed by atoms with Crippen LogP contribution in [-0.2, 0) is 9.53 Å². The summed E-state index contributed by atoms with van der Waals surface area (Å²) >= 11 is 0. The highest BCUT2D eigenvalue weighted by Gasteiger charge is 2.46. The summed E-state index contributed by atoms with van der Waals surface area (Å²) in [6.07, 6.45) is -5.08. The molecule has 9 heteroatoms. The molecule has 0 radical (unpaired) electrons. The Bertz CT molecular complexity index is 875. The number of benzene rings is 2. The van der Waals surface area contributed by atoms with Crippen molar-refractivity contribution in [3.8, 4) is 16.9 Å². The van der Waals surface area contributed by atoms with E-state index >= 15 is 0 Å². The van der Waals surface area contributed by atoms with Crippen LogP contribution in [0.5, 0.6) is 5.75 Å². The topological polar surface area (TPSA) is 138 Å². The molecule has 4 N–H and O–H groups in total. The van der Waals surface area contributed by atoms with Gasteiger partial charge in [0, 0.05) is 12.5 Å². The lowest BCUT2D eigenvalue weighted by Gasteiger charge is -2.42. The first-order chi connectivity index (χ1) is 13.9. The summed E-state index contributed by atoms with van der Waals surface area (Å²) < 4.78 is 11.6. The number of nitrogens with one attached hydrogen (secondary N) is 1. The predicted molar refractivity (Wildman–Crippen MR) is 103 cm³/mol. The molecule has 1 amide bonds. The lowest BCUT2D eigenvalue weighted by Crippen LogP contribution is -2.65. The van der Waals surface area contributed by atoms with Gasteiger partial charge >= 0.3 is 0 Å². The fourth-order valence-electron chi connectivity index (χ4n) is 3.23. The van der Waals surface area contributed by atoms with Gasteiger partial charge in [0.05, 0.1) is 6.61 Å². The number of nitroso groups, excluding NO2 is 1. The molecule has 154 valence electrons. The Morgan fingerprint density at radius 3 is 2.62 bits per heavy atom. The second-order valence-electron chi connectivity index (χ2n) is 6.69. The molecule has 0 spiro atoms. The van der Waals surface area contributed by atoms with Gasteiger partial charge < -0.3 is 30.1 Å². The molecular formula is C20H22N2O7. The summed E-state index contributed by atoms with van der Waals surface area (Å²) in [5.41, 5.74) is 1.55. The number of para-hydroxylation sites is 1. The molecule has 0 saturated carbocycles. The SMILES string of the molecule is CC(=O)N[C@H]1[C@H](Oc2ccccc2-c2cccc(N=O)c2)O[C@H](CO)[C@H](O)[C@@H]1O. The van der Waals surface area contributed by atoms with Crippen molar-refractivity contribution in [3.05, 3.63) is 53.4 Å². The minimum atomic E-state index is -1.41. The Hall–Kier alpha value is -2.85.